The molecule has 0 bridgehead atoms. The third kappa shape index (κ3) is 5.83. The summed E-state index contributed by atoms with van der Waals surface area (Å²) < 4.78 is 32.2. The lowest BCUT2D eigenvalue weighted by Crippen LogP contribution is -2.41. The largest absolute Gasteiger partial charge is 0.462 e. The van der Waals surface area contributed by atoms with Crippen molar-refractivity contribution in [2.24, 2.45) is 18.0 Å². The van der Waals surface area contributed by atoms with Crippen LogP contribution in [0.4, 0.5) is 0 Å². The number of benzene rings is 1. The monoisotopic (exact) mass is 481 g/mol. The molecule has 174 valence electrons. The van der Waals surface area contributed by atoms with E-state index in [1.807, 2.05) is 0 Å². The molecule has 9 nitrogen and oxygen atoms in total. The number of hydrogen-bond acceptors (Lipinski definition) is 7. The normalized spacial score (nSPS) is 15.8. The van der Waals surface area contributed by atoms with E-state index in [1.54, 1.807) is 41.6 Å². The molecular weight excluding hydrogens is 454 g/mol. The van der Waals surface area contributed by atoms with E-state index < -0.39 is 39.1 Å². The number of amides is 2. The van der Waals surface area contributed by atoms with Crippen molar-refractivity contribution in [3.63, 3.8) is 0 Å². The summed E-state index contributed by atoms with van der Waals surface area (Å²) >= 11 is 1.16. The maximum absolute atomic E-state index is 12.4. The first kappa shape index (κ1) is 24.1. The molecule has 0 N–H and O–H groups in total. The molecule has 2 amide bonds. The number of rotatable bonds is 6. The van der Waals surface area contributed by atoms with Crippen LogP contribution in [0.25, 0.3) is 10.2 Å². The van der Waals surface area contributed by atoms with Crippen LogP contribution >= 0.6 is 11.3 Å². The van der Waals surface area contributed by atoms with Crippen molar-refractivity contribution < 1.29 is 27.5 Å². The van der Waals surface area contributed by atoms with E-state index in [9.17, 15) is 22.8 Å². The molecule has 0 saturated carbocycles. The molecule has 1 aromatic heterocycles. The highest BCUT2D eigenvalue weighted by atomic mass is 32.2. The second-order valence-corrected chi connectivity index (χ2v) is 11.0. The van der Waals surface area contributed by atoms with Crippen LogP contribution in [-0.2, 0) is 31.2 Å². The zero-order chi connectivity index (χ0) is 23.5. The molecule has 1 fully saturated rings. The van der Waals surface area contributed by atoms with Crippen molar-refractivity contribution in [2.75, 3.05) is 31.2 Å². The zero-order valence-electron chi connectivity index (χ0n) is 18.4. The summed E-state index contributed by atoms with van der Waals surface area (Å²) in [6, 6.07) is 4.99. The van der Waals surface area contributed by atoms with Gasteiger partial charge in [0.1, 0.15) is 11.5 Å². The Morgan fingerprint density at radius 2 is 1.88 bits per heavy atom. The number of hydrogen-bond donors (Lipinski definition) is 0. The van der Waals surface area contributed by atoms with Gasteiger partial charge in [-0.15, -0.1) is 0 Å². The molecule has 0 spiro atoms. The van der Waals surface area contributed by atoms with Gasteiger partial charge < -0.3 is 14.2 Å². The summed E-state index contributed by atoms with van der Waals surface area (Å²) in [5.41, 5.74) is 1.12. The van der Waals surface area contributed by atoms with Crippen LogP contribution in [0.2, 0.25) is 0 Å². The minimum atomic E-state index is -3.93. The van der Waals surface area contributed by atoms with Crippen LogP contribution < -0.4 is 4.80 Å². The standard InChI is InChI=1S/C21H27N3O6S2/c1-4-30-20(27)15-5-6-16-17(11-15)31-21(23(16)3)22-18(25)12-32(28,29)13-19(26)24-9-7-14(2)8-10-24/h5-6,11,14H,4,7-10,12-13H2,1-3H3. The van der Waals surface area contributed by atoms with Gasteiger partial charge in [0.2, 0.25) is 5.91 Å². The van der Waals surface area contributed by atoms with Gasteiger partial charge >= 0.3 is 5.97 Å². The molecule has 1 aliphatic heterocycles. The van der Waals surface area contributed by atoms with E-state index in [2.05, 4.69) is 11.9 Å². The maximum Gasteiger partial charge on any atom is 0.338 e. The fraction of sp³-hybridized carbons (Fsp3) is 0.524. The van der Waals surface area contributed by atoms with Crippen molar-refractivity contribution in [2.45, 2.75) is 26.7 Å². The molecule has 3 rings (SSSR count). The predicted molar refractivity (Wildman–Crippen MR) is 121 cm³/mol. The molecule has 11 heteroatoms. The highest BCUT2D eigenvalue weighted by molar-refractivity contribution is 7.92. The Balaban J connectivity index is 1.73. The summed E-state index contributed by atoms with van der Waals surface area (Å²) in [6.45, 7) is 5.17. The van der Waals surface area contributed by atoms with Crippen LogP contribution in [0.1, 0.15) is 37.0 Å². The van der Waals surface area contributed by atoms with E-state index >= 15 is 0 Å². The first-order valence-electron chi connectivity index (χ1n) is 10.4. The van der Waals surface area contributed by atoms with Crippen molar-refractivity contribution >= 4 is 49.2 Å². The summed E-state index contributed by atoms with van der Waals surface area (Å²) in [5, 5.41) is 0. The Morgan fingerprint density at radius 1 is 1.19 bits per heavy atom. The van der Waals surface area contributed by atoms with E-state index in [4.69, 9.17) is 4.74 Å². The van der Waals surface area contributed by atoms with Gasteiger partial charge in [-0.2, -0.15) is 4.99 Å². The zero-order valence-corrected chi connectivity index (χ0v) is 20.0. The Hall–Kier alpha value is -2.53. The van der Waals surface area contributed by atoms with Crippen molar-refractivity contribution in [1.29, 1.82) is 0 Å². The number of thiazole rings is 1. The number of sulfone groups is 1. The molecule has 0 atom stereocenters. The Kier molecular flexibility index (Phi) is 7.50. The molecule has 32 heavy (non-hydrogen) atoms. The molecule has 1 saturated heterocycles. The van der Waals surface area contributed by atoms with Crippen LogP contribution in [-0.4, -0.2) is 66.9 Å². The second-order valence-electron chi connectivity index (χ2n) is 7.95. The number of piperidine rings is 1. The van der Waals surface area contributed by atoms with Crippen LogP contribution in [0, 0.1) is 5.92 Å². The number of esters is 1. The van der Waals surface area contributed by atoms with Crippen LogP contribution in [0.3, 0.4) is 0 Å². The molecule has 1 aliphatic rings. The van der Waals surface area contributed by atoms with E-state index in [0.29, 0.717) is 34.1 Å². The average molecular weight is 482 g/mol. The topological polar surface area (TPSA) is 115 Å². The van der Waals surface area contributed by atoms with Gasteiger partial charge in [0.05, 0.1) is 22.4 Å². The quantitative estimate of drug-likeness (QED) is 0.578. The number of nitrogens with zero attached hydrogens (tertiary/aromatic N) is 3. The molecule has 0 unspecified atom stereocenters. The summed E-state index contributed by atoms with van der Waals surface area (Å²) in [4.78, 5) is 42.4. The first-order valence-corrected chi connectivity index (χ1v) is 13.1. The lowest BCUT2D eigenvalue weighted by atomic mass is 9.99. The minimum absolute atomic E-state index is 0.262. The molecule has 2 heterocycles. The predicted octanol–water partition coefficient (Wildman–Crippen LogP) is 1.52. The van der Waals surface area contributed by atoms with Crippen molar-refractivity contribution in [3.05, 3.63) is 28.6 Å². The number of aryl methyl sites for hydroxylation is 1. The highest BCUT2D eigenvalue weighted by Gasteiger charge is 2.26. The summed E-state index contributed by atoms with van der Waals surface area (Å²) in [6.07, 6.45) is 1.70. The van der Waals surface area contributed by atoms with Gasteiger partial charge in [-0.05, 0) is 43.9 Å². The number of fused-ring (bicyclic) bond motifs is 1. The first-order chi connectivity index (χ1) is 15.1. The lowest BCUT2D eigenvalue weighted by molar-refractivity contribution is -0.129. The number of likely N-dealkylation sites (tertiary alicyclic amines) is 1. The number of carbonyl (C=O) groups is 3. The molecule has 0 aliphatic carbocycles. The van der Waals surface area contributed by atoms with Crippen molar-refractivity contribution in [3.8, 4) is 0 Å². The average Bonchev–Trinajstić information content (AvgIpc) is 3.02. The summed E-state index contributed by atoms with van der Waals surface area (Å²) in [5.74, 6) is -2.75. The fourth-order valence-electron chi connectivity index (χ4n) is 3.50. The van der Waals surface area contributed by atoms with Gasteiger partial charge in [-0.1, -0.05) is 18.3 Å². The Labute approximate surface area is 190 Å². The van der Waals surface area contributed by atoms with E-state index in [0.717, 1.165) is 29.7 Å². The SMILES string of the molecule is CCOC(=O)c1ccc2c(c1)sc(=NC(=O)CS(=O)(=O)CC(=O)N1CCC(C)CC1)n2C. The van der Waals surface area contributed by atoms with E-state index in [-0.39, 0.29) is 6.61 Å². The van der Waals surface area contributed by atoms with Crippen molar-refractivity contribution in [1.82, 2.24) is 9.47 Å². The third-order valence-corrected chi connectivity index (χ3v) is 7.83. The van der Waals surface area contributed by atoms with Gasteiger partial charge in [0, 0.05) is 20.1 Å². The Bertz CT molecular complexity index is 1200. The number of ether oxygens (including phenoxy) is 1. The maximum atomic E-state index is 12.4. The lowest BCUT2D eigenvalue weighted by Gasteiger charge is -2.30. The van der Waals surface area contributed by atoms with Gasteiger partial charge in [-0.3, -0.25) is 9.59 Å². The summed E-state index contributed by atoms with van der Waals surface area (Å²) in [7, 11) is -2.23. The molecule has 0 radical (unpaired) electrons. The van der Waals surface area contributed by atoms with Gasteiger partial charge in [0.15, 0.2) is 14.6 Å². The minimum Gasteiger partial charge on any atom is -0.462 e. The molecule has 2 aromatic rings. The number of carbonyl (C=O) groups excluding carboxylic acids is 3. The van der Waals surface area contributed by atoms with E-state index in [1.165, 1.54) is 0 Å². The fourth-order valence-corrected chi connectivity index (χ4v) is 5.67. The molecular formula is C21H27N3O6S2. The number of aromatic nitrogens is 1. The van der Waals surface area contributed by atoms with Gasteiger partial charge in [-0.25, -0.2) is 13.2 Å². The third-order valence-electron chi connectivity index (χ3n) is 5.36. The highest BCUT2D eigenvalue weighted by Crippen LogP contribution is 2.19. The molecule has 1 aromatic carbocycles. The van der Waals surface area contributed by atoms with Crippen LogP contribution in [0.5, 0.6) is 0 Å². The smallest absolute Gasteiger partial charge is 0.338 e. The van der Waals surface area contributed by atoms with Crippen LogP contribution in [0.15, 0.2) is 23.2 Å². The Morgan fingerprint density at radius 3 is 2.53 bits per heavy atom. The van der Waals surface area contributed by atoms with Gasteiger partial charge in [0.25, 0.3) is 5.91 Å². The second kappa shape index (κ2) is 9.95.